The van der Waals surface area contributed by atoms with Gasteiger partial charge >= 0.3 is 5.69 Å². The Hall–Kier alpha value is -3.16. The highest BCUT2D eigenvalue weighted by Gasteiger charge is 2.11. The molecule has 3 N–H and O–H groups in total. The van der Waals surface area contributed by atoms with Crippen molar-refractivity contribution in [2.24, 2.45) is 0 Å². The molecule has 0 aliphatic heterocycles. The number of H-pyrrole nitrogens is 2. The summed E-state index contributed by atoms with van der Waals surface area (Å²) in [6.45, 7) is 0.532. The maximum absolute atomic E-state index is 13.9. The predicted molar refractivity (Wildman–Crippen MR) is 122 cm³/mol. The van der Waals surface area contributed by atoms with Crippen LogP contribution in [0.25, 0.3) is 11.0 Å². The molecule has 0 saturated heterocycles. The van der Waals surface area contributed by atoms with Gasteiger partial charge in [0, 0.05) is 17.8 Å². The molecule has 0 unspecified atom stereocenters. The molecule has 4 aromatic rings. The number of methoxy groups -OCH3 is 1. The average molecular weight is 464 g/mol. The van der Waals surface area contributed by atoms with E-state index in [1.807, 2.05) is 30.3 Å². The molecular formula is C22H20Cl2FN3O3. The summed E-state index contributed by atoms with van der Waals surface area (Å²) in [7, 11) is 1.55. The Labute approximate surface area is 188 Å². The van der Waals surface area contributed by atoms with E-state index in [-0.39, 0.29) is 24.7 Å². The maximum Gasteiger partial charge on any atom is 0.323 e. The maximum atomic E-state index is 13.9. The summed E-state index contributed by atoms with van der Waals surface area (Å²) in [5.41, 5.74) is 3.38. The molecule has 0 saturated carbocycles. The summed E-state index contributed by atoms with van der Waals surface area (Å²) in [5.74, 6) is 0.613. The van der Waals surface area contributed by atoms with E-state index in [4.69, 9.17) is 21.1 Å². The van der Waals surface area contributed by atoms with Crippen molar-refractivity contribution < 1.29 is 13.9 Å². The summed E-state index contributed by atoms with van der Waals surface area (Å²) in [6, 6.07) is 15.6. The largest absolute Gasteiger partial charge is 0.493 e. The Balaban J connectivity index is 0.00000272. The fourth-order valence-corrected chi connectivity index (χ4v) is 3.33. The van der Waals surface area contributed by atoms with Gasteiger partial charge in [0.1, 0.15) is 12.4 Å². The number of imidazole rings is 1. The van der Waals surface area contributed by atoms with Crippen molar-refractivity contribution in [1.82, 2.24) is 9.97 Å². The molecule has 0 bridgehead atoms. The Morgan fingerprint density at radius 3 is 2.61 bits per heavy atom. The first-order valence-corrected chi connectivity index (χ1v) is 9.60. The summed E-state index contributed by atoms with van der Waals surface area (Å²) >= 11 is 6.05. The van der Waals surface area contributed by atoms with Crippen LogP contribution in [0.15, 0.2) is 59.4 Å². The van der Waals surface area contributed by atoms with Crippen molar-refractivity contribution in [2.75, 3.05) is 12.4 Å². The summed E-state index contributed by atoms with van der Waals surface area (Å²) < 4.78 is 25.1. The van der Waals surface area contributed by atoms with E-state index < -0.39 is 5.82 Å². The molecule has 1 heterocycles. The highest BCUT2D eigenvalue weighted by Crippen LogP contribution is 2.30. The van der Waals surface area contributed by atoms with Crippen molar-refractivity contribution in [2.45, 2.75) is 13.2 Å². The van der Waals surface area contributed by atoms with E-state index in [9.17, 15) is 9.18 Å². The molecule has 3 aromatic carbocycles. The van der Waals surface area contributed by atoms with E-state index in [1.165, 1.54) is 6.07 Å². The summed E-state index contributed by atoms with van der Waals surface area (Å²) in [5, 5.41) is 3.62. The highest BCUT2D eigenvalue weighted by atomic mass is 35.5. The molecule has 0 radical (unpaired) electrons. The molecule has 6 nitrogen and oxygen atoms in total. The average Bonchev–Trinajstić information content (AvgIpc) is 3.11. The number of halogens is 3. The first kappa shape index (κ1) is 22.5. The molecule has 0 aliphatic rings. The molecule has 162 valence electrons. The number of aromatic nitrogens is 2. The number of anilines is 1. The third kappa shape index (κ3) is 5.13. The van der Waals surface area contributed by atoms with Crippen LogP contribution in [-0.2, 0) is 13.2 Å². The predicted octanol–water partition coefficient (Wildman–Crippen LogP) is 5.27. The van der Waals surface area contributed by atoms with E-state index in [0.717, 1.165) is 22.3 Å². The van der Waals surface area contributed by atoms with Gasteiger partial charge < -0.3 is 24.8 Å². The second-order valence-electron chi connectivity index (χ2n) is 6.67. The summed E-state index contributed by atoms with van der Waals surface area (Å²) in [6.07, 6.45) is 0. The molecule has 0 aliphatic carbocycles. The van der Waals surface area contributed by atoms with Crippen molar-refractivity contribution >= 4 is 40.7 Å². The van der Waals surface area contributed by atoms with E-state index in [2.05, 4.69) is 15.3 Å². The van der Waals surface area contributed by atoms with Crippen molar-refractivity contribution in [3.8, 4) is 11.5 Å². The number of fused-ring (bicyclic) bond motifs is 1. The van der Waals surface area contributed by atoms with Gasteiger partial charge in [-0.1, -0.05) is 23.7 Å². The lowest BCUT2D eigenvalue weighted by atomic mass is 10.2. The Morgan fingerprint density at radius 1 is 1.03 bits per heavy atom. The molecule has 0 spiro atoms. The minimum absolute atomic E-state index is 0. The van der Waals surface area contributed by atoms with Crippen LogP contribution < -0.4 is 20.5 Å². The lowest BCUT2D eigenvalue weighted by Gasteiger charge is -2.14. The fraction of sp³-hybridized carbons (Fsp3) is 0.136. The van der Waals surface area contributed by atoms with E-state index >= 15 is 0 Å². The number of hydrogen-bond donors (Lipinski definition) is 3. The van der Waals surface area contributed by atoms with Crippen LogP contribution in [-0.4, -0.2) is 17.1 Å². The van der Waals surface area contributed by atoms with Gasteiger partial charge in [-0.3, -0.25) is 0 Å². The SMILES string of the molecule is COc1cc(CNc2ccc3[nH]c(=O)[nH]c3c2)ccc1OCc1c(F)cccc1Cl.Cl. The van der Waals surface area contributed by atoms with Gasteiger partial charge in [0.25, 0.3) is 0 Å². The molecule has 4 rings (SSSR count). The number of rotatable bonds is 7. The van der Waals surface area contributed by atoms with Crippen LogP contribution in [0.3, 0.4) is 0 Å². The third-order valence-electron chi connectivity index (χ3n) is 4.67. The van der Waals surface area contributed by atoms with Crippen LogP contribution in [0, 0.1) is 5.82 Å². The van der Waals surface area contributed by atoms with Gasteiger partial charge in [-0.05, 0) is 48.0 Å². The molecule has 1 aromatic heterocycles. The topological polar surface area (TPSA) is 79.1 Å². The van der Waals surface area contributed by atoms with Gasteiger partial charge in [-0.2, -0.15) is 0 Å². The number of hydrogen-bond acceptors (Lipinski definition) is 4. The fourth-order valence-electron chi connectivity index (χ4n) is 3.11. The van der Waals surface area contributed by atoms with E-state index in [1.54, 1.807) is 25.3 Å². The Bertz CT molecular complexity index is 1240. The van der Waals surface area contributed by atoms with E-state index in [0.29, 0.717) is 28.6 Å². The lowest BCUT2D eigenvalue weighted by molar-refractivity contribution is 0.279. The minimum atomic E-state index is -0.414. The molecule has 31 heavy (non-hydrogen) atoms. The second kappa shape index (κ2) is 9.76. The highest BCUT2D eigenvalue weighted by molar-refractivity contribution is 6.31. The first-order chi connectivity index (χ1) is 14.5. The number of benzene rings is 3. The molecular weight excluding hydrogens is 444 g/mol. The smallest absolute Gasteiger partial charge is 0.323 e. The quantitative estimate of drug-likeness (QED) is 0.348. The van der Waals surface area contributed by atoms with Crippen molar-refractivity contribution in [3.05, 3.63) is 87.0 Å². The van der Waals surface area contributed by atoms with Crippen molar-refractivity contribution in [3.63, 3.8) is 0 Å². The monoisotopic (exact) mass is 463 g/mol. The molecule has 0 atom stereocenters. The van der Waals surface area contributed by atoms with Crippen LogP contribution in [0.1, 0.15) is 11.1 Å². The van der Waals surface area contributed by atoms with Gasteiger partial charge in [0.05, 0.1) is 23.2 Å². The summed E-state index contributed by atoms with van der Waals surface area (Å²) in [4.78, 5) is 16.8. The Kier molecular flexibility index (Phi) is 7.09. The standard InChI is InChI=1S/C22H19ClFN3O3.ClH/c1-29-21-9-13(11-25-14-6-7-18-19(10-14)27-22(28)26-18)5-8-20(21)30-12-15-16(23)3-2-4-17(15)24;/h2-10,25H,11-12H2,1H3,(H2,26,27,28);1H. The minimum Gasteiger partial charge on any atom is -0.493 e. The van der Waals surface area contributed by atoms with Crippen LogP contribution in [0.4, 0.5) is 10.1 Å². The molecule has 0 amide bonds. The molecule has 9 heteroatoms. The van der Waals surface area contributed by atoms with Gasteiger partial charge in [0.15, 0.2) is 11.5 Å². The molecule has 0 fully saturated rings. The number of aromatic amines is 2. The van der Waals surface area contributed by atoms with Gasteiger partial charge in [-0.25, -0.2) is 9.18 Å². The number of nitrogens with one attached hydrogen (secondary N) is 3. The Morgan fingerprint density at radius 2 is 1.84 bits per heavy atom. The first-order valence-electron chi connectivity index (χ1n) is 9.22. The zero-order valence-corrected chi connectivity index (χ0v) is 18.1. The third-order valence-corrected chi connectivity index (χ3v) is 5.03. The normalized spacial score (nSPS) is 10.5. The van der Waals surface area contributed by atoms with Gasteiger partial charge in [0.2, 0.25) is 0 Å². The zero-order chi connectivity index (χ0) is 21.1. The zero-order valence-electron chi connectivity index (χ0n) is 16.5. The number of ether oxygens (including phenoxy) is 2. The van der Waals surface area contributed by atoms with Crippen LogP contribution in [0.5, 0.6) is 11.5 Å². The van der Waals surface area contributed by atoms with Crippen LogP contribution >= 0.6 is 24.0 Å². The lowest BCUT2D eigenvalue weighted by Crippen LogP contribution is -2.03. The van der Waals surface area contributed by atoms with Crippen molar-refractivity contribution in [1.29, 1.82) is 0 Å². The second-order valence-corrected chi connectivity index (χ2v) is 7.07. The van der Waals surface area contributed by atoms with Crippen LogP contribution in [0.2, 0.25) is 5.02 Å². The van der Waals surface area contributed by atoms with Gasteiger partial charge in [-0.15, -0.1) is 12.4 Å².